The second-order valence-corrected chi connectivity index (χ2v) is 17.5. The molecule has 2 aliphatic carbocycles. The number of carbonyl (C=O) groups is 5. The molecule has 3 N–H and O–H groups in total. The maximum atomic E-state index is 14.5. The fourth-order valence-corrected chi connectivity index (χ4v) is 9.43. The minimum absolute atomic E-state index is 0.00633. The second-order valence-electron chi connectivity index (χ2n) is 15.7. The van der Waals surface area contributed by atoms with E-state index in [0.717, 1.165) is 38.5 Å². The van der Waals surface area contributed by atoms with Crippen molar-refractivity contribution in [2.45, 2.75) is 114 Å². The predicted octanol–water partition coefficient (Wildman–Crippen LogP) is 5.26. The maximum Gasteiger partial charge on any atom is 0.410 e. The first kappa shape index (κ1) is 40.5. The number of esters is 1. The van der Waals surface area contributed by atoms with E-state index >= 15 is 0 Å². The van der Waals surface area contributed by atoms with Gasteiger partial charge in [-0.3, -0.25) is 28.8 Å². The monoisotopic (exact) mass is 827 g/mol. The number of amides is 4. The van der Waals surface area contributed by atoms with Crippen LogP contribution in [-0.2, 0) is 52.0 Å². The molecule has 17 heteroatoms. The zero-order valence-corrected chi connectivity index (χ0v) is 33.0. The van der Waals surface area contributed by atoms with Crippen LogP contribution in [0.4, 0.5) is 14.9 Å². The summed E-state index contributed by atoms with van der Waals surface area (Å²) < 4.78 is 56.6. The van der Waals surface area contributed by atoms with Gasteiger partial charge < -0.3 is 19.7 Å². The van der Waals surface area contributed by atoms with Crippen LogP contribution < -0.4 is 14.8 Å². The summed E-state index contributed by atoms with van der Waals surface area (Å²) in [5.74, 6) is -4.50. The fraction of sp³-hybridized carbons (Fsp3) is 0.525. The first-order valence-electron chi connectivity index (χ1n) is 19.6. The zero-order chi connectivity index (χ0) is 40.3. The summed E-state index contributed by atoms with van der Waals surface area (Å²) in [7, 11) is -4.46. The number of hydrogen-bond donors (Lipinski definition) is 3. The average Bonchev–Trinajstić information content (AvgIpc) is 3.59. The van der Waals surface area contributed by atoms with E-state index in [1.165, 1.54) is 40.1 Å². The van der Waals surface area contributed by atoms with Crippen LogP contribution >= 0.6 is 11.6 Å². The molecule has 5 aliphatic rings. The highest BCUT2D eigenvalue weighted by Crippen LogP contribution is 2.46. The summed E-state index contributed by atoms with van der Waals surface area (Å²) >= 11 is 5.93. The molecule has 5 atom stereocenters. The Bertz CT molecular complexity index is 2030. The summed E-state index contributed by atoms with van der Waals surface area (Å²) in [6.07, 6.45) is 8.17. The maximum absolute atomic E-state index is 14.5. The largest absolute Gasteiger partial charge is 0.462 e. The molecule has 4 amide bonds. The van der Waals surface area contributed by atoms with Gasteiger partial charge in [0.05, 0.1) is 25.2 Å². The third kappa shape index (κ3) is 9.54. The molecular weight excluding hydrogens is 781 g/mol. The second kappa shape index (κ2) is 17.0. The molecule has 14 nitrogen and oxygen atoms in total. The molecule has 3 heterocycles. The van der Waals surface area contributed by atoms with Gasteiger partial charge in [-0.1, -0.05) is 48.7 Å². The van der Waals surface area contributed by atoms with Crippen LogP contribution in [0, 0.1) is 17.7 Å². The summed E-state index contributed by atoms with van der Waals surface area (Å²) in [5, 5.41) is 3.17. The van der Waals surface area contributed by atoms with E-state index in [0.29, 0.717) is 35.4 Å². The highest BCUT2D eigenvalue weighted by atomic mass is 35.5. The third-order valence-corrected chi connectivity index (χ3v) is 12.8. The normalized spacial score (nSPS) is 27.2. The number of rotatable bonds is 8. The standard InChI is InChI=1S/C40H47ClFN5O9S/c41-28-15-17-29(18-16-28)44-57(53,54)45-38(51)40-21-27(40)11-5-3-1-2-4-9-25(19-35(48)55-30-12-6-7-13-30)37(50)47-23-31(20-34(47)36(49)43-40)56-39(52)46-22-26-10-8-14-33(42)32(26)24-46/h5,8,10-11,14-18,25,27,30-31,34,44H,1-4,6-7,9,12-13,19-24H2,(H,43,49)(H,45,51)/b11-5-/t25-,27+,31-,34+,40-/m1/s1. The first-order chi connectivity index (χ1) is 27.3. The van der Waals surface area contributed by atoms with Crippen molar-refractivity contribution in [1.29, 1.82) is 0 Å². The minimum atomic E-state index is -4.46. The fourth-order valence-electron chi connectivity index (χ4n) is 8.38. The van der Waals surface area contributed by atoms with Gasteiger partial charge in [-0.2, -0.15) is 8.42 Å². The van der Waals surface area contributed by atoms with Gasteiger partial charge in [0.15, 0.2) is 0 Å². The molecule has 0 radical (unpaired) electrons. The van der Waals surface area contributed by atoms with Crippen molar-refractivity contribution in [1.82, 2.24) is 19.8 Å². The van der Waals surface area contributed by atoms with Crippen LogP contribution in [0.2, 0.25) is 5.02 Å². The molecule has 3 aliphatic heterocycles. The van der Waals surface area contributed by atoms with Gasteiger partial charge in [0, 0.05) is 35.4 Å². The topological polar surface area (TPSA) is 181 Å². The molecule has 1 saturated heterocycles. The number of halogens is 2. The van der Waals surface area contributed by atoms with Crippen molar-refractivity contribution >= 4 is 57.3 Å². The molecule has 7 rings (SSSR count). The van der Waals surface area contributed by atoms with Crippen molar-refractivity contribution < 1.29 is 46.3 Å². The van der Waals surface area contributed by atoms with Crippen molar-refractivity contribution in [3.63, 3.8) is 0 Å². The number of benzene rings is 2. The van der Waals surface area contributed by atoms with E-state index in [9.17, 15) is 36.8 Å². The molecule has 306 valence electrons. The number of carbonyl (C=O) groups excluding carboxylic acids is 5. The summed E-state index contributed by atoms with van der Waals surface area (Å²) in [5.41, 5.74) is -0.477. The number of anilines is 1. The molecule has 57 heavy (non-hydrogen) atoms. The lowest BCUT2D eigenvalue weighted by Gasteiger charge is -2.29. The molecule has 2 aromatic carbocycles. The molecule has 0 bridgehead atoms. The zero-order valence-electron chi connectivity index (χ0n) is 31.4. The van der Waals surface area contributed by atoms with Crippen LogP contribution in [0.25, 0.3) is 0 Å². The highest BCUT2D eigenvalue weighted by molar-refractivity contribution is 7.91. The number of fused-ring (bicyclic) bond motifs is 3. The SMILES string of the molecule is O=C(C[C@H]1CCCCC/C=C\[C@H]2C[C@@]2(C(=O)NS(=O)(=O)Nc2ccc(Cl)cc2)NC(=O)[C@@H]2C[C@@H](OC(=O)N3Cc4cccc(F)c4C3)CN2C1=O)OC1CCCC1. The van der Waals surface area contributed by atoms with E-state index < -0.39 is 75.3 Å². The van der Waals surface area contributed by atoms with Crippen molar-refractivity contribution in [3.05, 3.63) is 76.6 Å². The molecule has 2 saturated carbocycles. The quantitative estimate of drug-likeness (QED) is 0.236. The lowest BCUT2D eigenvalue weighted by Crippen LogP contribution is -2.57. The van der Waals surface area contributed by atoms with E-state index in [4.69, 9.17) is 21.1 Å². The van der Waals surface area contributed by atoms with E-state index in [2.05, 4.69) is 10.0 Å². The van der Waals surface area contributed by atoms with E-state index in [1.807, 2.05) is 10.8 Å². The van der Waals surface area contributed by atoms with E-state index in [1.54, 1.807) is 18.2 Å². The van der Waals surface area contributed by atoms with Crippen LogP contribution in [0.3, 0.4) is 0 Å². The molecule has 0 spiro atoms. The lowest BCUT2D eigenvalue weighted by molar-refractivity contribution is -0.154. The molecule has 2 aromatic rings. The van der Waals surface area contributed by atoms with Gasteiger partial charge in [0.2, 0.25) is 11.8 Å². The highest BCUT2D eigenvalue weighted by Gasteiger charge is 2.61. The minimum Gasteiger partial charge on any atom is -0.462 e. The van der Waals surface area contributed by atoms with Gasteiger partial charge in [-0.25, -0.2) is 13.9 Å². The van der Waals surface area contributed by atoms with Gasteiger partial charge in [-0.05, 0) is 87.3 Å². The Morgan fingerprint density at radius 1 is 0.947 bits per heavy atom. The number of hydrogen-bond acceptors (Lipinski definition) is 9. The Balaban J connectivity index is 1.12. The Kier molecular flexibility index (Phi) is 12.1. The Labute approximate surface area is 336 Å². The van der Waals surface area contributed by atoms with Crippen LogP contribution in [0.1, 0.15) is 88.2 Å². The van der Waals surface area contributed by atoms with Crippen molar-refractivity contribution in [3.8, 4) is 0 Å². The lowest BCUT2D eigenvalue weighted by atomic mass is 9.95. The van der Waals surface area contributed by atoms with Crippen molar-refractivity contribution in [2.24, 2.45) is 11.8 Å². The predicted molar refractivity (Wildman–Crippen MR) is 206 cm³/mol. The number of ether oxygens (including phenoxy) is 2. The first-order valence-corrected chi connectivity index (χ1v) is 21.5. The van der Waals surface area contributed by atoms with E-state index in [-0.39, 0.29) is 50.7 Å². The van der Waals surface area contributed by atoms with Crippen LogP contribution in [-0.4, -0.2) is 78.3 Å². The Morgan fingerprint density at radius 2 is 1.70 bits per heavy atom. The average molecular weight is 828 g/mol. The van der Waals surface area contributed by atoms with Gasteiger partial charge >= 0.3 is 22.3 Å². The summed E-state index contributed by atoms with van der Waals surface area (Å²) in [6, 6.07) is 9.19. The number of nitrogens with zero attached hydrogens (tertiary/aromatic N) is 2. The molecule has 0 aromatic heterocycles. The van der Waals surface area contributed by atoms with Crippen molar-refractivity contribution in [2.75, 3.05) is 11.3 Å². The van der Waals surface area contributed by atoms with Gasteiger partial charge in [0.1, 0.15) is 29.6 Å². The van der Waals surface area contributed by atoms with Crippen LogP contribution in [0.15, 0.2) is 54.6 Å². The summed E-state index contributed by atoms with van der Waals surface area (Å²) in [4.78, 5) is 72.0. The molecular formula is C40H47ClFN5O9S. The summed E-state index contributed by atoms with van der Waals surface area (Å²) in [6.45, 7) is -0.0553. The Hall–Kier alpha value is -4.70. The van der Waals surface area contributed by atoms with Crippen LogP contribution in [0.5, 0.6) is 0 Å². The number of allylic oxidation sites excluding steroid dienone is 1. The molecule has 3 fully saturated rings. The molecule has 0 unspecified atom stereocenters. The van der Waals surface area contributed by atoms with Gasteiger partial charge in [0.25, 0.3) is 5.91 Å². The number of nitrogens with one attached hydrogen (secondary N) is 3. The third-order valence-electron chi connectivity index (χ3n) is 11.5. The Morgan fingerprint density at radius 3 is 2.46 bits per heavy atom. The van der Waals surface area contributed by atoms with Gasteiger partial charge in [-0.15, -0.1) is 0 Å². The smallest absolute Gasteiger partial charge is 0.410 e.